The van der Waals surface area contributed by atoms with Gasteiger partial charge in [-0.25, -0.2) is 0 Å². The van der Waals surface area contributed by atoms with Crippen LogP contribution in [-0.4, -0.2) is 10.9 Å². The van der Waals surface area contributed by atoms with Crippen LogP contribution in [0.15, 0.2) is 24.5 Å². The first kappa shape index (κ1) is 12.0. The summed E-state index contributed by atoms with van der Waals surface area (Å²) in [7, 11) is 0. The van der Waals surface area contributed by atoms with Gasteiger partial charge in [0, 0.05) is 23.8 Å². The smallest absolute Gasteiger partial charge is 0.264 e. The molecular weight excluding hydrogens is 227 g/mol. The molecule has 0 saturated carbocycles. The Bertz CT molecular complexity index is 347. The molecule has 1 aromatic rings. The van der Waals surface area contributed by atoms with Gasteiger partial charge in [0.2, 0.25) is 0 Å². The Kier molecular flexibility index (Phi) is 4.15. The van der Waals surface area contributed by atoms with Gasteiger partial charge in [0.05, 0.1) is 5.56 Å². The zero-order valence-corrected chi connectivity index (χ0v) is 8.52. The number of hydrogen-bond donors (Lipinski definition) is 0. The monoisotopic (exact) mass is 235 g/mol. The summed E-state index contributed by atoms with van der Waals surface area (Å²) in [6.07, 6.45) is 1.49. The summed E-state index contributed by atoms with van der Waals surface area (Å²) in [6, 6.07) is 0.959. The molecule has 0 bridgehead atoms. The topological polar surface area (TPSA) is 12.9 Å². The quantitative estimate of drug-likeness (QED) is 0.728. The number of aromatic nitrogens is 1. The van der Waals surface area contributed by atoms with Gasteiger partial charge in [-0.05, 0) is 12.5 Å². The second-order valence-corrected chi connectivity index (χ2v) is 3.22. The lowest BCUT2D eigenvalue weighted by atomic mass is 10.1. The molecule has 1 rings (SSSR count). The minimum atomic E-state index is -4.34. The summed E-state index contributed by atoms with van der Waals surface area (Å²) in [4.78, 5) is 3.65. The van der Waals surface area contributed by atoms with Crippen molar-refractivity contribution >= 4 is 17.7 Å². The number of halogens is 4. The molecule has 0 aliphatic carbocycles. The molecule has 0 spiro atoms. The number of nitrogens with zero attached hydrogens (tertiary/aromatic N) is 1. The van der Waals surface area contributed by atoms with E-state index >= 15 is 0 Å². The predicted octanol–water partition coefficient (Wildman–Crippen LogP) is 3.74. The molecule has 82 valence electrons. The van der Waals surface area contributed by atoms with Crippen molar-refractivity contribution < 1.29 is 13.2 Å². The fourth-order valence-electron chi connectivity index (χ4n) is 1.07. The second-order valence-electron chi connectivity index (χ2n) is 2.84. The zero-order chi connectivity index (χ0) is 11.3. The Morgan fingerprint density at radius 3 is 2.73 bits per heavy atom. The largest absolute Gasteiger partial charge is 0.417 e. The molecule has 1 heterocycles. The lowest BCUT2D eigenvalue weighted by Gasteiger charge is -2.08. The maximum atomic E-state index is 12.5. The minimum Gasteiger partial charge on any atom is -0.264 e. The summed E-state index contributed by atoms with van der Waals surface area (Å²) in [5.74, 6) is 0.387. The van der Waals surface area contributed by atoms with E-state index in [1.807, 2.05) is 0 Å². The van der Waals surface area contributed by atoms with Crippen LogP contribution in [0.25, 0.3) is 6.08 Å². The normalized spacial score (nSPS) is 12.3. The van der Waals surface area contributed by atoms with Crippen LogP contribution in [0.3, 0.4) is 0 Å². The molecule has 0 unspecified atom stereocenters. The molecule has 1 aromatic heterocycles. The fraction of sp³-hybridized carbons (Fsp3) is 0.300. The molecule has 0 fully saturated rings. The van der Waals surface area contributed by atoms with Crippen LogP contribution in [0.2, 0.25) is 0 Å². The summed E-state index contributed by atoms with van der Waals surface area (Å²) >= 11 is 5.41. The highest BCUT2D eigenvalue weighted by molar-refractivity contribution is 6.17. The molecule has 0 saturated heterocycles. The highest BCUT2D eigenvalue weighted by Gasteiger charge is 2.32. The molecular formula is C10H9ClF3N. The second kappa shape index (κ2) is 5.16. The third-order valence-corrected chi connectivity index (χ3v) is 1.95. The SMILES string of the molecule is FC(F)(F)c1ccncc1C=CCCCl. The van der Waals surface area contributed by atoms with Crippen LogP contribution < -0.4 is 0 Å². The molecule has 0 amide bonds. The van der Waals surface area contributed by atoms with Crippen LogP contribution in [0.5, 0.6) is 0 Å². The molecule has 5 heteroatoms. The lowest BCUT2D eigenvalue weighted by molar-refractivity contribution is -0.137. The van der Waals surface area contributed by atoms with E-state index in [9.17, 15) is 13.2 Å². The molecule has 0 aliphatic rings. The van der Waals surface area contributed by atoms with Crippen molar-refractivity contribution in [3.05, 3.63) is 35.7 Å². The van der Waals surface area contributed by atoms with Gasteiger partial charge in [-0.1, -0.05) is 12.2 Å². The highest BCUT2D eigenvalue weighted by atomic mass is 35.5. The molecule has 0 aliphatic heterocycles. The summed E-state index contributed by atoms with van der Waals surface area (Å²) in [5, 5.41) is 0. The molecule has 0 N–H and O–H groups in total. The maximum Gasteiger partial charge on any atom is 0.417 e. The van der Waals surface area contributed by atoms with Crippen LogP contribution in [0.1, 0.15) is 17.5 Å². The first-order valence-corrected chi connectivity index (χ1v) is 4.83. The molecule has 15 heavy (non-hydrogen) atoms. The standard InChI is InChI=1S/C10H9ClF3N/c11-5-2-1-3-8-7-15-6-4-9(8)10(12,13)14/h1,3-4,6-7H,2,5H2. The van der Waals surface area contributed by atoms with E-state index in [0.717, 1.165) is 12.3 Å². The van der Waals surface area contributed by atoms with Crippen molar-refractivity contribution in [1.29, 1.82) is 0 Å². The fourth-order valence-corrected chi connectivity index (χ4v) is 1.20. The van der Waals surface area contributed by atoms with E-state index in [2.05, 4.69) is 4.98 Å². The van der Waals surface area contributed by atoms with Crippen LogP contribution in [-0.2, 0) is 6.18 Å². The molecule has 1 nitrogen and oxygen atoms in total. The van der Waals surface area contributed by atoms with Crippen molar-refractivity contribution in [2.45, 2.75) is 12.6 Å². The number of allylic oxidation sites excluding steroid dienone is 1. The first-order valence-electron chi connectivity index (χ1n) is 4.29. The maximum absolute atomic E-state index is 12.5. The average molecular weight is 236 g/mol. The van der Waals surface area contributed by atoms with Crippen LogP contribution in [0, 0.1) is 0 Å². The van der Waals surface area contributed by atoms with E-state index in [1.165, 1.54) is 12.3 Å². The number of rotatable bonds is 3. The van der Waals surface area contributed by atoms with Crippen molar-refractivity contribution in [3.63, 3.8) is 0 Å². The van der Waals surface area contributed by atoms with Crippen molar-refractivity contribution in [2.24, 2.45) is 0 Å². The van der Waals surface area contributed by atoms with Crippen molar-refractivity contribution in [1.82, 2.24) is 4.98 Å². The van der Waals surface area contributed by atoms with Gasteiger partial charge < -0.3 is 0 Å². The first-order chi connectivity index (χ1) is 7.05. The van der Waals surface area contributed by atoms with E-state index < -0.39 is 11.7 Å². The highest BCUT2D eigenvalue weighted by Crippen LogP contribution is 2.31. The predicted molar refractivity (Wildman–Crippen MR) is 53.6 cm³/mol. The Balaban J connectivity index is 2.97. The number of alkyl halides is 4. The molecule has 0 atom stereocenters. The van der Waals surface area contributed by atoms with E-state index in [-0.39, 0.29) is 5.56 Å². The third-order valence-electron chi connectivity index (χ3n) is 1.73. The zero-order valence-electron chi connectivity index (χ0n) is 7.76. The van der Waals surface area contributed by atoms with Crippen molar-refractivity contribution in [3.8, 4) is 0 Å². The van der Waals surface area contributed by atoms with Gasteiger partial charge in [-0.2, -0.15) is 13.2 Å². The van der Waals surface area contributed by atoms with Gasteiger partial charge >= 0.3 is 6.18 Å². The van der Waals surface area contributed by atoms with Gasteiger partial charge in [-0.15, -0.1) is 11.6 Å². The summed E-state index contributed by atoms with van der Waals surface area (Å²) < 4.78 is 37.4. The Hall–Kier alpha value is -1.03. The van der Waals surface area contributed by atoms with Gasteiger partial charge in [0.1, 0.15) is 0 Å². The molecule has 0 aromatic carbocycles. The van der Waals surface area contributed by atoms with Crippen molar-refractivity contribution in [2.75, 3.05) is 5.88 Å². The van der Waals surface area contributed by atoms with Gasteiger partial charge in [0.15, 0.2) is 0 Å². The summed E-state index contributed by atoms with van der Waals surface area (Å²) in [5.41, 5.74) is -0.613. The van der Waals surface area contributed by atoms with E-state index in [0.29, 0.717) is 12.3 Å². The van der Waals surface area contributed by atoms with Gasteiger partial charge in [0.25, 0.3) is 0 Å². The van der Waals surface area contributed by atoms with E-state index in [1.54, 1.807) is 6.08 Å². The average Bonchev–Trinajstić information content (AvgIpc) is 2.17. The Morgan fingerprint density at radius 2 is 2.13 bits per heavy atom. The van der Waals surface area contributed by atoms with Gasteiger partial charge in [-0.3, -0.25) is 4.98 Å². The summed E-state index contributed by atoms with van der Waals surface area (Å²) in [6.45, 7) is 0. The van der Waals surface area contributed by atoms with Crippen LogP contribution >= 0.6 is 11.6 Å². The number of pyridine rings is 1. The lowest BCUT2D eigenvalue weighted by Crippen LogP contribution is -2.07. The van der Waals surface area contributed by atoms with Crippen LogP contribution in [0.4, 0.5) is 13.2 Å². The Morgan fingerprint density at radius 1 is 1.40 bits per heavy atom. The molecule has 0 radical (unpaired) electrons. The minimum absolute atomic E-state index is 0.0649. The third kappa shape index (κ3) is 3.55. The van der Waals surface area contributed by atoms with E-state index in [4.69, 9.17) is 11.6 Å². The number of hydrogen-bond acceptors (Lipinski definition) is 1. The Labute approximate surface area is 90.6 Å².